The monoisotopic (exact) mass is 894 g/mol. The van der Waals surface area contributed by atoms with Crippen LogP contribution in [0.2, 0.25) is 0 Å². The van der Waals surface area contributed by atoms with Crippen LogP contribution in [0.1, 0.15) is 0 Å². The summed E-state index contributed by atoms with van der Waals surface area (Å²) < 4.78 is 4.62. The number of hydrogen-bond donors (Lipinski definition) is 0. The van der Waals surface area contributed by atoms with Crippen molar-refractivity contribution in [2.24, 2.45) is 0 Å². The van der Waals surface area contributed by atoms with Gasteiger partial charge >= 0.3 is 0 Å². The zero-order valence-electron chi connectivity index (χ0n) is 37.5. The SMILES string of the molecule is c1ccc(-c2nc(-c3ccccc3)nc(-c3ccc(-n4c5ccccc5c5ccc6c7ccccc7n(-c7nc(-c8ccccc8)nc(-c8cccc9c8ccc8ccccc89)n7)c6c54)cc3)n2)cc1. The van der Waals surface area contributed by atoms with Crippen LogP contribution < -0.4 is 0 Å². The van der Waals surface area contributed by atoms with E-state index in [2.05, 4.69) is 161 Å². The highest BCUT2D eigenvalue weighted by molar-refractivity contribution is 6.23. The van der Waals surface area contributed by atoms with E-state index >= 15 is 0 Å². The van der Waals surface area contributed by atoms with Crippen LogP contribution in [-0.4, -0.2) is 39.0 Å². The third kappa shape index (κ3) is 6.38. The number of aromatic nitrogens is 8. The molecule has 14 aromatic rings. The van der Waals surface area contributed by atoms with Gasteiger partial charge < -0.3 is 4.57 Å². The summed E-state index contributed by atoms with van der Waals surface area (Å²) in [4.78, 5) is 31.1. The molecule has 4 aromatic heterocycles. The average Bonchev–Trinajstić information content (AvgIpc) is 3.97. The summed E-state index contributed by atoms with van der Waals surface area (Å²) in [7, 11) is 0. The third-order valence-corrected chi connectivity index (χ3v) is 13.4. The van der Waals surface area contributed by atoms with E-state index in [9.17, 15) is 0 Å². The van der Waals surface area contributed by atoms with Gasteiger partial charge in [0.05, 0.1) is 22.1 Å². The Morgan fingerprint density at radius 2 is 0.671 bits per heavy atom. The van der Waals surface area contributed by atoms with E-state index in [1.807, 2.05) is 78.9 Å². The van der Waals surface area contributed by atoms with Gasteiger partial charge in [0.2, 0.25) is 5.95 Å². The van der Waals surface area contributed by atoms with E-state index in [0.29, 0.717) is 35.1 Å². The smallest absolute Gasteiger partial charge is 0.238 e. The molecule has 70 heavy (non-hydrogen) atoms. The summed E-state index contributed by atoms with van der Waals surface area (Å²) in [6, 6.07) is 79.9. The molecule has 0 radical (unpaired) electrons. The maximum Gasteiger partial charge on any atom is 0.238 e. The fraction of sp³-hybridized carbons (Fsp3) is 0. The minimum Gasteiger partial charge on any atom is -0.307 e. The molecule has 0 unspecified atom stereocenters. The van der Waals surface area contributed by atoms with E-state index in [1.165, 1.54) is 10.8 Å². The maximum absolute atomic E-state index is 5.48. The lowest BCUT2D eigenvalue weighted by Gasteiger charge is -2.14. The lowest BCUT2D eigenvalue weighted by Crippen LogP contribution is -2.07. The molecule has 0 spiro atoms. The van der Waals surface area contributed by atoms with Crippen molar-refractivity contribution >= 4 is 65.2 Å². The summed E-state index contributed by atoms with van der Waals surface area (Å²) in [5.41, 5.74) is 9.69. The number of benzene rings is 10. The number of nitrogens with zero attached hydrogens (tertiary/aromatic N) is 8. The maximum atomic E-state index is 5.48. The zero-order valence-corrected chi connectivity index (χ0v) is 37.5. The Bertz CT molecular complexity index is 4280. The van der Waals surface area contributed by atoms with Crippen molar-refractivity contribution in [3.8, 4) is 68.6 Å². The molecule has 0 aliphatic rings. The van der Waals surface area contributed by atoms with Crippen molar-refractivity contribution in [1.82, 2.24) is 39.0 Å². The summed E-state index contributed by atoms with van der Waals surface area (Å²) >= 11 is 0. The molecule has 326 valence electrons. The van der Waals surface area contributed by atoms with Gasteiger partial charge in [-0.25, -0.2) is 19.9 Å². The van der Waals surface area contributed by atoms with Crippen LogP contribution in [0, 0.1) is 0 Å². The third-order valence-electron chi connectivity index (χ3n) is 13.4. The number of hydrogen-bond acceptors (Lipinski definition) is 6. The van der Waals surface area contributed by atoms with E-state index in [1.54, 1.807) is 0 Å². The molecule has 8 heteroatoms. The molecule has 8 nitrogen and oxygen atoms in total. The minimum atomic E-state index is 0.533. The van der Waals surface area contributed by atoms with E-state index < -0.39 is 0 Å². The van der Waals surface area contributed by atoms with Crippen molar-refractivity contribution < 1.29 is 0 Å². The van der Waals surface area contributed by atoms with Gasteiger partial charge in [-0.2, -0.15) is 9.97 Å². The normalized spacial score (nSPS) is 11.7. The highest BCUT2D eigenvalue weighted by Crippen LogP contribution is 2.42. The summed E-state index contributed by atoms with van der Waals surface area (Å²) in [6.07, 6.45) is 0. The summed E-state index contributed by atoms with van der Waals surface area (Å²) in [6.45, 7) is 0. The van der Waals surface area contributed by atoms with Crippen LogP contribution in [0.5, 0.6) is 0 Å². The van der Waals surface area contributed by atoms with Crippen molar-refractivity contribution in [2.45, 2.75) is 0 Å². The topological polar surface area (TPSA) is 87.2 Å². The average molecular weight is 895 g/mol. The van der Waals surface area contributed by atoms with Gasteiger partial charge in [-0.15, -0.1) is 0 Å². The first-order valence-electron chi connectivity index (χ1n) is 23.4. The first kappa shape index (κ1) is 39.5. The molecule has 0 saturated heterocycles. The number of fused-ring (bicyclic) bond motifs is 10. The van der Waals surface area contributed by atoms with E-state index in [-0.39, 0.29) is 0 Å². The standard InChI is InChI=1S/C62H38N8/c1-4-18-40(19-5-1)57-63-58(41-20-6-2-7-21-41)65-59(64-57)43-31-34-44(35-32-43)69-53-29-14-12-25-48(53)50-37-38-51-49-26-13-15-30-54(49)70(56(51)55(50)69)62-67-60(42-22-8-3-9-23-42)66-61(68-62)52-28-16-27-46-45-24-11-10-17-39(45)33-36-47(46)52/h1-38H. The zero-order chi connectivity index (χ0) is 46.1. The van der Waals surface area contributed by atoms with Crippen molar-refractivity contribution in [1.29, 1.82) is 0 Å². The van der Waals surface area contributed by atoms with Gasteiger partial charge in [-0.1, -0.05) is 194 Å². The Labute approximate surface area is 401 Å². The molecule has 4 heterocycles. The van der Waals surface area contributed by atoms with Crippen LogP contribution in [-0.2, 0) is 0 Å². The molecule has 0 saturated carbocycles. The van der Waals surface area contributed by atoms with Crippen LogP contribution in [0.3, 0.4) is 0 Å². The minimum absolute atomic E-state index is 0.533. The molecule has 0 fully saturated rings. The van der Waals surface area contributed by atoms with Gasteiger partial charge in [0.15, 0.2) is 29.1 Å². The predicted octanol–water partition coefficient (Wildman–Crippen LogP) is 14.9. The molecule has 0 bridgehead atoms. The fourth-order valence-electron chi connectivity index (χ4n) is 10.2. The molecular weight excluding hydrogens is 857 g/mol. The van der Waals surface area contributed by atoms with E-state index in [4.69, 9.17) is 29.9 Å². The second-order valence-electron chi connectivity index (χ2n) is 17.5. The molecule has 0 aliphatic carbocycles. The largest absolute Gasteiger partial charge is 0.307 e. The van der Waals surface area contributed by atoms with Crippen LogP contribution >= 0.6 is 0 Å². The van der Waals surface area contributed by atoms with Crippen LogP contribution in [0.4, 0.5) is 0 Å². The Morgan fingerprint density at radius 3 is 1.27 bits per heavy atom. The van der Waals surface area contributed by atoms with Crippen molar-refractivity contribution in [2.75, 3.05) is 0 Å². The quantitative estimate of drug-likeness (QED) is 0.148. The molecular formula is C62H38N8. The number of para-hydroxylation sites is 2. The van der Waals surface area contributed by atoms with Crippen molar-refractivity contribution in [3.63, 3.8) is 0 Å². The Kier molecular flexibility index (Phi) is 9.03. The lowest BCUT2D eigenvalue weighted by molar-refractivity contribution is 0.954. The number of rotatable bonds is 7. The van der Waals surface area contributed by atoms with Gasteiger partial charge in [0.1, 0.15) is 0 Å². The molecule has 0 aliphatic heterocycles. The molecule has 0 amide bonds. The highest BCUT2D eigenvalue weighted by atomic mass is 15.2. The molecule has 14 rings (SSSR count). The lowest BCUT2D eigenvalue weighted by atomic mass is 9.98. The Hall–Kier alpha value is -9.66. The molecule has 0 N–H and O–H groups in total. The van der Waals surface area contributed by atoms with Gasteiger partial charge in [-0.05, 0) is 57.9 Å². The predicted molar refractivity (Wildman–Crippen MR) is 284 cm³/mol. The fourth-order valence-corrected chi connectivity index (χ4v) is 10.2. The first-order chi connectivity index (χ1) is 34.7. The highest BCUT2D eigenvalue weighted by Gasteiger charge is 2.24. The van der Waals surface area contributed by atoms with Crippen LogP contribution in [0.15, 0.2) is 231 Å². The van der Waals surface area contributed by atoms with Crippen molar-refractivity contribution in [3.05, 3.63) is 231 Å². The first-order valence-corrected chi connectivity index (χ1v) is 23.4. The van der Waals surface area contributed by atoms with Gasteiger partial charge in [0, 0.05) is 55.0 Å². The Balaban J connectivity index is 1.01. The van der Waals surface area contributed by atoms with E-state index in [0.717, 1.165) is 87.9 Å². The van der Waals surface area contributed by atoms with Crippen LogP contribution in [0.25, 0.3) is 134 Å². The molecule has 0 atom stereocenters. The van der Waals surface area contributed by atoms with Gasteiger partial charge in [-0.3, -0.25) is 4.57 Å². The summed E-state index contributed by atoms with van der Waals surface area (Å²) in [5.74, 6) is 3.57. The second-order valence-corrected chi connectivity index (χ2v) is 17.5. The Morgan fingerprint density at radius 1 is 0.243 bits per heavy atom. The van der Waals surface area contributed by atoms with Gasteiger partial charge in [0.25, 0.3) is 0 Å². The molecule has 10 aromatic carbocycles. The second kappa shape index (κ2) is 16.0. The summed E-state index contributed by atoms with van der Waals surface area (Å²) in [5, 5.41) is 9.06.